The molecule has 2 aromatic carbocycles. The van der Waals surface area contributed by atoms with Crippen LogP contribution in [0.25, 0.3) is 0 Å². The molecule has 1 aromatic heterocycles. The summed E-state index contributed by atoms with van der Waals surface area (Å²) < 4.78 is 5.17. The second-order valence-electron chi connectivity index (χ2n) is 8.29. The van der Waals surface area contributed by atoms with Gasteiger partial charge in [-0.05, 0) is 48.9 Å². The number of fused-ring (bicyclic) bond motifs is 1. The fraction of sp³-hybridized carbons (Fsp3) is 0.240. The van der Waals surface area contributed by atoms with Crippen molar-refractivity contribution in [3.63, 3.8) is 0 Å². The van der Waals surface area contributed by atoms with Gasteiger partial charge in [0.2, 0.25) is 17.8 Å². The highest BCUT2D eigenvalue weighted by Gasteiger charge is 2.35. The number of hydrogen-bond donors (Lipinski definition) is 4. The van der Waals surface area contributed by atoms with E-state index in [1.165, 1.54) is 18.2 Å². The first-order valence-corrected chi connectivity index (χ1v) is 12.2. The Bertz CT molecular complexity index is 1410. The fourth-order valence-corrected chi connectivity index (χ4v) is 4.14. The lowest BCUT2D eigenvalue weighted by Gasteiger charge is -2.23. The highest BCUT2D eigenvalue weighted by molar-refractivity contribution is 6.36. The lowest BCUT2D eigenvalue weighted by Crippen LogP contribution is -2.36. The van der Waals surface area contributed by atoms with E-state index in [1.54, 1.807) is 24.3 Å². The zero-order chi connectivity index (χ0) is 26.5. The maximum atomic E-state index is 13.1. The summed E-state index contributed by atoms with van der Waals surface area (Å²) in [6.07, 6.45) is 1.45. The maximum Gasteiger partial charge on any atom is 0.338 e. The van der Waals surface area contributed by atoms with Gasteiger partial charge in [-0.1, -0.05) is 36.5 Å². The normalized spacial score (nSPS) is 14.4. The molecule has 0 aliphatic carbocycles. The molecule has 1 aliphatic heterocycles. The van der Waals surface area contributed by atoms with Crippen LogP contribution in [0.2, 0.25) is 10.0 Å². The third kappa shape index (κ3) is 6.28. The van der Waals surface area contributed by atoms with E-state index in [9.17, 15) is 19.2 Å². The van der Waals surface area contributed by atoms with Crippen molar-refractivity contribution in [3.05, 3.63) is 74.0 Å². The van der Waals surface area contributed by atoms with Gasteiger partial charge in [-0.3, -0.25) is 19.4 Å². The molecule has 0 saturated heterocycles. The molecule has 0 radical (unpaired) electrons. The molecule has 0 spiro atoms. The van der Waals surface area contributed by atoms with Crippen molar-refractivity contribution in [1.29, 1.82) is 0 Å². The Labute approximate surface area is 221 Å². The summed E-state index contributed by atoms with van der Waals surface area (Å²) in [6, 6.07) is 10.9. The number of benzene rings is 2. The smallest absolute Gasteiger partial charge is 0.338 e. The third-order valence-electron chi connectivity index (χ3n) is 5.57. The second-order valence-corrected chi connectivity index (χ2v) is 9.13. The number of unbranched alkanes of at least 4 members (excludes halogenated alkanes) is 1. The molecule has 1 aliphatic rings. The number of carbonyl (C=O) groups excluding carboxylic acids is 3. The van der Waals surface area contributed by atoms with Gasteiger partial charge in [0.05, 0.1) is 34.4 Å². The van der Waals surface area contributed by atoms with Crippen molar-refractivity contribution in [3.8, 4) is 0 Å². The Kier molecular flexibility index (Phi) is 8.10. The monoisotopic (exact) mass is 543 g/mol. The highest BCUT2D eigenvalue weighted by atomic mass is 35.5. The van der Waals surface area contributed by atoms with Crippen molar-refractivity contribution < 1.29 is 19.1 Å². The quantitative estimate of drug-likeness (QED) is 0.235. The molecule has 4 rings (SSSR count). The van der Waals surface area contributed by atoms with Gasteiger partial charge < -0.3 is 20.7 Å². The van der Waals surface area contributed by atoms with Gasteiger partial charge in [0, 0.05) is 17.1 Å². The van der Waals surface area contributed by atoms with Crippen LogP contribution in [-0.4, -0.2) is 34.4 Å². The zero-order valence-electron chi connectivity index (χ0n) is 19.7. The Hall–Kier alpha value is -3.89. The van der Waals surface area contributed by atoms with Gasteiger partial charge in [-0.2, -0.15) is 4.98 Å². The number of nitrogens with one attached hydrogen (secondary N) is 4. The number of carbonyl (C=O) groups is 3. The van der Waals surface area contributed by atoms with Crippen LogP contribution in [0.15, 0.2) is 47.3 Å². The Balaban J connectivity index is 1.51. The number of esters is 1. The standard InChI is InChI=1S/C25H23Cl2N5O5/c1-2-3-10-37-24(36)13-4-7-15(8-5-13)28-22(34)16-12-19(33)30-21-20(16)23(35)32-25(31-21)29-18-9-6-14(26)11-17(18)27/h4-9,11,16H,2-3,10,12H2,1H3,(H,28,34)(H3,29,30,31,32,33,35)/t16-/m0/s1. The lowest BCUT2D eigenvalue weighted by molar-refractivity contribution is -0.123. The maximum absolute atomic E-state index is 13.1. The number of ether oxygens (including phenoxy) is 1. The molecule has 12 heteroatoms. The molecular weight excluding hydrogens is 521 g/mol. The Morgan fingerprint density at radius 1 is 1.14 bits per heavy atom. The fourth-order valence-electron chi connectivity index (χ4n) is 3.68. The highest BCUT2D eigenvalue weighted by Crippen LogP contribution is 2.31. The van der Waals surface area contributed by atoms with Crippen molar-refractivity contribution >= 4 is 64.1 Å². The first-order valence-electron chi connectivity index (χ1n) is 11.5. The molecule has 10 nitrogen and oxygen atoms in total. The van der Waals surface area contributed by atoms with E-state index in [1.807, 2.05) is 6.92 Å². The van der Waals surface area contributed by atoms with Gasteiger partial charge in [0.25, 0.3) is 5.56 Å². The van der Waals surface area contributed by atoms with Gasteiger partial charge in [-0.25, -0.2) is 4.79 Å². The number of hydrogen-bond acceptors (Lipinski definition) is 7. The first-order chi connectivity index (χ1) is 17.7. The summed E-state index contributed by atoms with van der Waals surface area (Å²) in [4.78, 5) is 57.3. The molecule has 2 amide bonds. The molecule has 3 aromatic rings. The average molecular weight is 544 g/mol. The first kappa shape index (κ1) is 26.2. The number of nitrogens with zero attached hydrogens (tertiary/aromatic N) is 1. The zero-order valence-corrected chi connectivity index (χ0v) is 21.2. The minimum absolute atomic E-state index is 0.0238. The van der Waals surface area contributed by atoms with E-state index < -0.39 is 29.3 Å². The van der Waals surface area contributed by atoms with E-state index >= 15 is 0 Å². The minimum atomic E-state index is -1.08. The summed E-state index contributed by atoms with van der Waals surface area (Å²) in [5.41, 5.74) is 0.604. The van der Waals surface area contributed by atoms with Crippen molar-refractivity contribution in [2.75, 3.05) is 22.6 Å². The molecule has 0 fully saturated rings. The number of anilines is 4. The third-order valence-corrected chi connectivity index (χ3v) is 6.12. The van der Waals surface area contributed by atoms with Crippen LogP contribution in [0, 0.1) is 0 Å². The number of aromatic nitrogens is 2. The van der Waals surface area contributed by atoms with Crippen LogP contribution >= 0.6 is 23.2 Å². The summed E-state index contributed by atoms with van der Waals surface area (Å²) in [7, 11) is 0. The average Bonchev–Trinajstić information content (AvgIpc) is 2.85. The van der Waals surface area contributed by atoms with Crippen molar-refractivity contribution in [2.45, 2.75) is 32.1 Å². The summed E-state index contributed by atoms with van der Waals surface area (Å²) in [5.74, 6) is -2.57. The molecule has 2 heterocycles. The van der Waals surface area contributed by atoms with Gasteiger partial charge in [0.15, 0.2) is 0 Å². The molecule has 1 atom stereocenters. The van der Waals surface area contributed by atoms with Crippen LogP contribution in [0.3, 0.4) is 0 Å². The lowest BCUT2D eigenvalue weighted by atomic mass is 9.92. The number of aromatic amines is 1. The SMILES string of the molecule is CCCCOC(=O)c1ccc(NC(=O)[C@H]2CC(=O)Nc3nc(Nc4ccc(Cl)cc4Cl)[nH]c(=O)c32)cc1. The predicted molar refractivity (Wildman–Crippen MR) is 141 cm³/mol. The van der Waals surface area contributed by atoms with E-state index in [4.69, 9.17) is 27.9 Å². The number of amides is 2. The van der Waals surface area contributed by atoms with Crippen LogP contribution in [0.4, 0.5) is 23.1 Å². The predicted octanol–water partition coefficient (Wildman–Crippen LogP) is 4.84. The van der Waals surface area contributed by atoms with Crippen molar-refractivity contribution in [2.24, 2.45) is 0 Å². The molecular formula is C25H23Cl2N5O5. The van der Waals surface area contributed by atoms with E-state index in [0.717, 1.165) is 12.8 Å². The van der Waals surface area contributed by atoms with Crippen LogP contribution in [0.1, 0.15) is 48.0 Å². The summed E-state index contributed by atoms with van der Waals surface area (Å²) in [5, 5.41) is 8.84. The van der Waals surface area contributed by atoms with E-state index in [0.29, 0.717) is 33.6 Å². The van der Waals surface area contributed by atoms with Crippen molar-refractivity contribution in [1.82, 2.24) is 9.97 Å². The van der Waals surface area contributed by atoms with Crippen LogP contribution < -0.4 is 21.5 Å². The number of halogens is 2. The minimum Gasteiger partial charge on any atom is -0.462 e. The summed E-state index contributed by atoms with van der Waals surface area (Å²) >= 11 is 12.1. The topological polar surface area (TPSA) is 142 Å². The van der Waals surface area contributed by atoms with Gasteiger partial charge >= 0.3 is 5.97 Å². The number of rotatable bonds is 8. The molecule has 192 valence electrons. The van der Waals surface area contributed by atoms with Gasteiger partial charge in [-0.15, -0.1) is 0 Å². The Morgan fingerprint density at radius 2 is 1.89 bits per heavy atom. The van der Waals surface area contributed by atoms with E-state index in [-0.39, 0.29) is 23.8 Å². The Morgan fingerprint density at radius 3 is 2.59 bits per heavy atom. The molecule has 4 N–H and O–H groups in total. The molecule has 0 bridgehead atoms. The van der Waals surface area contributed by atoms with Crippen LogP contribution in [-0.2, 0) is 14.3 Å². The van der Waals surface area contributed by atoms with E-state index in [2.05, 4.69) is 25.9 Å². The van der Waals surface area contributed by atoms with Gasteiger partial charge in [0.1, 0.15) is 5.82 Å². The summed E-state index contributed by atoms with van der Waals surface area (Å²) in [6.45, 7) is 2.33. The molecule has 0 saturated carbocycles. The largest absolute Gasteiger partial charge is 0.462 e. The number of H-pyrrole nitrogens is 1. The molecule has 0 unspecified atom stereocenters. The van der Waals surface area contributed by atoms with Crippen LogP contribution in [0.5, 0.6) is 0 Å². The second kappa shape index (κ2) is 11.4. The molecule has 37 heavy (non-hydrogen) atoms.